The van der Waals surface area contributed by atoms with Crippen LogP contribution in [0.15, 0.2) is 82.2 Å². The van der Waals surface area contributed by atoms with Crippen molar-refractivity contribution in [1.29, 1.82) is 0 Å². The number of oxazole rings is 1. The summed E-state index contributed by atoms with van der Waals surface area (Å²) in [7, 11) is 0. The van der Waals surface area contributed by atoms with Crippen molar-refractivity contribution in [1.82, 2.24) is 4.98 Å². The van der Waals surface area contributed by atoms with Crippen LogP contribution in [-0.2, 0) is 0 Å². The third-order valence-electron chi connectivity index (χ3n) is 4.18. The minimum absolute atomic E-state index is 0.0366. The third kappa shape index (κ3) is 4.08. The summed E-state index contributed by atoms with van der Waals surface area (Å²) in [5, 5.41) is 11.0. The second-order valence-corrected chi connectivity index (χ2v) is 6.13. The fourth-order valence-corrected chi connectivity index (χ4v) is 2.78. The van der Waals surface area contributed by atoms with E-state index in [1.54, 1.807) is 66.9 Å². The van der Waals surface area contributed by atoms with E-state index in [9.17, 15) is 14.5 Å². The zero-order chi connectivity index (χ0) is 20.2. The first kappa shape index (κ1) is 18.2. The van der Waals surface area contributed by atoms with E-state index < -0.39 is 4.92 Å². The van der Waals surface area contributed by atoms with Gasteiger partial charge < -0.3 is 4.42 Å². The van der Waals surface area contributed by atoms with Gasteiger partial charge in [0.15, 0.2) is 5.58 Å². The lowest BCUT2D eigenvalue weighted by Gasteiger charge is -1.95. The molecule has 29 heavy (non-hydrogen) atoms. The van der Waals surface area contributed by atoms with Crippen LogP contribution in [0.4, 0.5) is 15.8 Å². The van der Waals surface area contributed by atoms with Crippen molar-refractivity contribution >= 4 is 34.8 Å². The van der Waals surface area contributed by atoms with E-state index in [0.29, 0.717) is 33.8 Å². The molecule has 0 amide bonds. The summed E-state index contributed by atoms with van der Waals surface area (Å²) in [5.74, 6) is 0.0767. The lowest BCUT2D eigenvalue weighted by atomic mass is 10.1. The number of rotatable bonds is 5. The van der Waals surface area contributed by atoms with Crippen LogP contribution in [0, 0.1) is 15.9 Å². The van der Waals surface area contributed by atoms with Crippen molar-refractivity contribution in [2.45, 2.75) is 0 Å². The largest absolute Gasteiger partial charge is 0.436 e. The molecule has 0 saturated carbocycles. The predicted octanol–water partition coefficient (Wildman–Crippen LogP) is 5.96. The Balaban J connectivity index is 1.54. The maximum atomic E-state index is 13.1. The van der Waals surface area contributed by atoms with Crippen LogP contribution in [0.2, 0.25) is 0 Å². The highest BCUT2D eigenvalue weighted by Gasteiger charge is 2.09. The van der Waals surface area contributed by atoms with Gasteiger partial charge in [-0.2, -0.15) is 0 Å². The Hall–Kier alpha value is -4.13. The lowest BCUT2D eigenvalue weighted by molar-refractivity contribution is -0.385. The van der Waals surface area contributed by atoms with Crippen molar-refractivity contribution in [3.63, 3.8) is 0 Å². The van der Waals surface area contributed by atoms with E-state index in [1.807, 2.05) is 0 Å². The number of fused-ring (bicyclic) bond motifs is 1. The van der Waals surface area contributed by atoms with Gasteiger partial charge in [-0.25, -0.2) is 9.37 Å². The van der Waals surface area contributed by atoms with Gasteiger partial charge in [-0.3, -0.25) is 15.1 Å². The zero-order valence-corrected chi connectivity index (χ0v) is 15.0. The van der Waals surface area contributed by atoms with Gasteiger partial charge in [-0.15, -0.1) is 0 Å². The van der Waals surface area contributed by atoms with Crippen molar-refractivity contribution in [2.24, 2.45) is 4.99 Å². The molecule has 1 aromatic heterocycles. The highest BCUT2D eigenvalue weighted by molar-refractivity contribution is 5.84. The predicted molar refractivity (Wildman–Crippen MR) is 110 cm³/mol. The molecule has 0 aliphatic heterocycles. The number of hydrogen-bond acceptors (Lipinski definition) is 5. The smallest absolute Gasteiger partial charge is 0.276 e. The maximum absolute atomic E-state index is 13.1. The molecule has 7 heteroatoms. The number of benzene rings is 3. The fraction of sp³-hybridized carbons (Fsp3) is 0. The van der Waals surface area contributed by atoms with Crippen molar-refractivity contribution < 1.29 is 13.7 Å². The summed E-state index contributed by atoms with van der Waals surface area (Å²) in [6.45, 7) is 0. The molecule has 0 fully saturated rings. The highest BCUT2D eigenvalue weighted by atomic mass is 19.1. The molecule has 0 aliphatic carbocycles. The average molecular weight is 387 g/mol. The molecule has 142 valence electrons. The van der Waals surface area contributed by atoms with Crippen molar-refractivity contribution in [2.75, 3.05) is 0 Å². The maximum Gasteiger partial charge on any atom is 0.276 e. The van der Waals surface area contributed by atoms with E-state index in [0.717, 1.165) is 0 Å². The van der Waals surface area contributed by atoms with Crippen LogP contribution < -0.4 is 0 Å². The number of allylic oxidation sites excluding steroid dienone is 1. The number of aromatic nitrogens is 1. The lowest BCUT2D eigenvalue weighted by Crippen LogP contribution is -1.90. The Morgan fingerprint density at radius 1 is 1.07 bits per heavy atom. The Morgan fingerprint density at radius 2 is 1.86 bits per heavy atom. The number of nitrogens with zero attached hydrogens (tertiary/aromatic N) is 3. The first-order valence-electron chi connectivity index (χ1n) is 8.71. The molecule has 0 atom stereocenters. The molecule has 3 aromatic carbocycles. The molecule has 0 saturated heterocycles. The summed E-state index contributed by atoms with van der Waals surface area (Å²) in [5.41, 5.74) is 3.10. The molecular weight excluding hydrogens is 373 g/mol. The molecule has 4 rings (SSSR count). The first-order valence-corrected chi connectivity index (χ1v) is 8.71. The van der Waals surface area contributed by atoms with Crippen LogP contribution in [0.5, 0.6) is 0 Å². The SMILES string of the molecule is O=[N+]([O-])c1ccccc1C=CC=Nc1ccc2oc(-c3ccc(F)cc3)nc2c1. The van der Waals surface area contributed by atoms with Crippen LogP contribution in [0.1, 0.15) is 5.56 Å². The van der Waals surface area contributed by atoms with E-state index in [2.05, 4.69) is 9.98 Å². The molecule has 4 aromatic rings. The standard InChI is InChI=1S/C22H14FN3O3/c23-17-9-7-16(8-10-17)22-25-19-14-18(11-12-21(19)29-22)24-13-3-5-15-4-1-2-6-20(15)26(27)28/h1-14H. The molecule has 0 radical (unpaired) electrons. The second-order valence-electron chi connectivity index (χ2n) is 6.13. The van der Waals surface area contributed by atoms with Crippen LogP contribution in [-0.4, -0.2) is 16.1 Å². The summed E-state index contributed by atoms with van der Waals surface area (Å²) >= 11 is 0. The molecule has 1 heterocycles. The van der Waals surface area contributed by atoms with E-state index in [-0.39, 0.29) is 11.5 Å². The number of hydrogen-bond donors (Lipinski definition) is 0. The van der Waals surface area contributed by atoms with Crippen LogP contribution in [0.3, 0.4) is 0 Å². The third-order valence-corrected chi connectivity index (χ3v) is 4.18. The van der Waals surface area contributed by atoms with E-state index in [1.165, 1.54) is 18.2 Å². The Morgan fingerprint density at radius 3 is 2.66 bits per heavy atom. The topological polar surface area (TPSA) is 81.5 Å². The summed E-state index contributed by atoms with van der Waals surface area (Å²) in [4.78, 5) is 19.4. The van der Waals surface area contributed by atoms with Gasteiger partial charge >= 0.3 is 0 Å². The minimum Gasteiger partial charge on any atom is -0.436 e. The van der Waals surface area contributed by atoms with Gasteiger partial charge in [-0.05, 0) is 60.7 Å². The Labute approximate surface area is 164 Å². The van der Waals surface area contributed by atoms with Gasteiger partial charge in [0.25, 0.3) is 5.69 Å². The summed E-state index contributed by atoms with van der Waals surface area (Å²) in [6, 6.07) is 17.7. The normalized spacial score (nSPS) is 11.6. The van der Waals surface area contributed by atoms with Crippen molar-refractivity contribution in [3.8, 4) is 11.5 Å². The van der Waals surface area contributed by atoms with Gasteiger partial charge in [-0.1, -0.05) is 12.1 Å². The van der Waals surface area contributed by atoms with E-state index in [4.69, 9.17) is 4.42 Å². The quantitative estimate of drug-likeness (QED) is 0.240. The summed E-state index contributed by atoms with van der Waals surface area (Å²) < 4.78 is 18.8. The number of halogens is 1. The highest BCUT2D eigenvalue weighted by Crippen LogP contribution is 2.27. The van der Waals surface area contributed by atoms with Gasteiger partial charge in [0.05, 0.1) is 16.2 Å². The van der Waals surface area contributed by atoms with Crippen molar-refractivity contribution in [3.05, 3.63) is 94.3 Å². The number of para-hydroxylation sites is 1. The zero-order valence-electron chi connectivity index (χ0n) is 15.0. The molecule has 0 spiro atoms. The van der Waals surface area contributed by atoms with Crippen LogP contribution in [0.25, 0.3) is 28.6 Å². The van der Waals surface area contributed by atoms with Crippen LogP contribution >= 0.6 is 0 Å². The fourth-order valence-electron chi connectivity index (χ4n) is 2.78. The monoisotopic (exact) mass is 387 g/mol. The molecule has 0 bridgehead atoms. The van der Waals surface area contributed by atoms with Gasteiger partial charge in [0, 0.05) is 17.8 Å². The average Bonchev–Trinajstić information content (AvgIpc) is 3.15. The Kier molecular flexibility index (Phi) is 4.94. The Bertz CT molecular complexity index is 1240. The second kappa shape index (κ2) is 7.85. The van der Waals surface area contributed by atoms with E-state index >= 15 is 0 Å². The summed E-state index contributed by atoms with van der Waals surface area (Å²) in [6.07, 6.45) is 4.82. The molecule has 0 unspecified atom stereocenters. The first-order chi connectivity index (χ1) is 14.1. The molecule has 0 aliphatic rings. The number of nitro groups is 1. The van der Waals surface area contributed by atoms with Gasteiger partial charge in [0.1, 0.15) is 11.3 Å². The number of aliphatic imine (C=N–C) groups is 1. The molecule has 0 N–H and O–H groups in total. The minimum atomic E-state index is -0.423. The van der Waals surface area contributed by atoms with Gasteiger partial charge in [0.2, 0.25) is 5.89 Å². The molecule has 6 nitrogen and oxygen atoms in total. The molecular formula is C22H14FN3O3. The number of nitro benzene ring substituents is 1.